The number of carbonyl (C=O) groups is 1. The van der Waals surface area contributed by atoms with Crippen molar-refractivity contribution in [1.29, 1.82) is 0 Å². The van der Waals surface area contributed by atoms with Crippen molar-refractivity contribution in [2.75, 3.05) is 40.9 Å². The van der Waals surface area contributed by atoms with Crippen molar-refractivity contribution >= 4 is 13.7 Å². The topological polar surface area (TPSA) is 108 Å². The van der Waals surface area contributed by atoms with Gasteiger partial charge in [0.2, 0.25) is 5.91 Å². The average Bonchev–Trinajstić information content (AvgIpc) is 2.73. The molecule has 9 heteroatoms. The SMILES string of the molecule is CCCCCCCCCCCCCCCC(O)C(COP(=O)([O-])OCC[N+](C)(C)C)NC(C)=O. The number of phosphoric ester groups is 1. The second kappa shape index (κ2) is 19.7. The number of likely N-dealkylation sites (N-methyl/N-ethyl adjacent to an activating group) is 1. The second-order valence-corrected chi connectivity index (χ2v) is 11.9. The standard InChI is InChI=1S/C25H53N2O6P/c1-6-7-8-9-10-11-12-13-14-15-16-17-18-19-25(29)24(26-23(2)28)22-33-34(30,31)32-21-20-27(3,4)5/h24-25,29H,6-22H2,1-5H3,(H-,26,28,30,31). The molecule has 0 saturated heterocycles. The van der Waals surface area contributed by atoms with Gasteiger partial charge in [0.25, 0.3) is 7.82 Å². The van der Waals surface area contributed by atoms with Crippen molar-refractivity contribution in [2.45, 2.75) is 116 Å². The zero-order valence-corrected chi connectivity index (χ0v) is 23.5. The van der Waals surface area contributed by atoms with E-state index in [0.29, 0.717) is 17.4 Å². The minimum absolute atomic E-state index is 0.0105. The third kappa shape index (κ3) is 22.0. The zero-order chi connectivity index (χ0) is 25.9. The van der Waals surface area contributed by atoms with Crippen LogP contribution in [0, 0.1) is 0 Å². The maximum absolute atomic E-state index is 12.0. The largest absolute Gasteiger partial charge is 0.756 e. The first kappa shape index (κ1) is 33.5. The Kier molecular flexibility index (Phi) is 19.4. The molecule has 34 heavy (non-hydrogen) atoms. The summed E-state index contributed by atoms with van der Waals surface area (Å²) in [4.78, 5) is 23.5. The number of hydrogen-bond donors (Lipinski definition) is 2. The summed E-state index contributed by atoms with van der Waals surface area (Å²) in [6.45, 7) is 3.75. The fourth-order valence-electron chi connectivity index (χ4n) is 3.72. The third-order valence-electron chi connectivity index (χ3n) is 5.88. The first-order chi connectivity index (χ1) is 16.0. The lowest BCUT2D eigenvalue weighted by Crippen LogP contribution is -2.45. The van der Waals surface area contributed by atoms with Crippen molar-refractivity contribution in [2.24, 2.45) is 0 Å². The van der Waals surface area contributed by atoms with Gasteiger partial charge in [-0.25, -0.2) is 0 Å². The predicted molar refractivity (Wildman–Crippen MR) is 136 cm³/mol. The van der Waals surface area contributed by atoms with E-state index in [2.05, 4.69) is 12.2 Å². The van der Waals surface area contributed by atoms with Gasteiger partial charge in [-0.3, -0.25) is 9.36 Å². The molecule has 0 aromatic rings. The van der Waals surface area contributed by atoms with Gasteiger partial charge in [-0.2, -0.15) is 0 Å². The van der Waals surface area contributed by atoms with E-state index >= 15 is 0 Å². The van der Waals surface area contributed by atoms with Gasteiger partial charge in [0.15, 0.2) is 0 Å². The summed E-state index contributed by atoms with van der Waals surface area (Å²) < 4.78 is 22.4. The number of nitrogens with one attached hydrogen (secondary N) is 1. The summed E-state index contributed by atoms with van der Waals surface area (Å²) in [5, 5.41) is 13.1. The molecule has 0 aromatic carbocycles. The molecule has 0 aromatic heterocycles. The Balaban J connectivity index is 4.03. The van der Waals surface area contributed by atoms with Gasteiger partial charge in [-0.05, 0) is 6.42 Å². The third-order valence-corrected chi connectivity index (χ3v) is 6.84. The van der Waals surface area contributed by atoms with E-state index < -0.39 is 20.0 Å². The van der Waals surface area contributed by atoms with Crippen molar-refractivity contribution < 1.29 is 32.9 Å². The Morgan fingerprint density at radius 3 is 1.82 bits per heavy atom. The summed E-state index contributed by atoms with van der Waals surface area (Å²) >= 11 is 0. The molecule has 0 aliphatic carbocycles. The van der Waals surface area contributed by atoms with Gasteiger partial charge in [0.05, 0.1) is 39.9 Å². The molecule has 0 bridgehead atoms. The highest BCUT2D eigenvalue weighted by atomic mass is 31.2. The summed E-state index contributed by atoms with van der Waals surface area (Å²) in [6.07, 6.45) is 15.8. The summed E-state index contributed by atoms with van der Waals surface area (Å²) in [5.74, 6) is -0.343. The number of quaternary nitrogens is 1. The summed E-state index contributed by atoms with van der Waals surface area (Å²) in [7, 11) is 1.29. The monoisotopic (exact) mass is 508 g/mol. The normalized spacial score (nSPS) is 15.6. The Hall–Kier alpha value is -0.500. The Bertz CT molecular complexity index is 556. The molecular weight excluding hydrogens is 455 g/mol. The van der Waals surface area contributed by atoms with Crippen molar-refractivity contribution in [3.63, 3.8) is 0 Å². The van der Waals surface area contributed by atoms with Gasteiger partial charge in [0, 0.05) is 6.92 Å². The fourth-order valence-corrected chi connectivity index (χ4v) is 4.44. The molecule has 0 radical (unpaired) electrons. The molecule has 0 saturated carbocycles. The van der Waals surface area contributed by atoms with E-state index in [0.717, 1.165) is 19.3 Å². The molecule has 204 valence electrons. The van der Waals surface area contributed by atoms with Crippen LogP contribution in [0.2, 0.25) is 0 Å². The van der Waals surface area contributed by atoms with E-state index in [1.54, 1.807) is 0 Å². The molecule has 1 amide bonds. The maximum Gasteiger partial charge on any atom is 0.268 e. The van der Waals surface area contributed by atoms with Crippen LogP contribution in [0.25, 0.3) is 0 Å². The lowest BCUT2D eigenvalue weighted by molar-refractivity contribution is -0.870. The van der Waals surface area contributed by atoms with Crippen LogP contribution >= 0.6 is 7.82 Å². The van der Waals surface area contributed by atoms with Gasteiger partial charge in [-0.15, -0.1) is 0 Å². The zero-order valence-electron chi connectivity index (χ0n) is 22.6. The molecule has 0 heterocycles. The Labute approximate surface area is 209 Å². The highest BCUT2D eigenvalue weighted by molar-refractivity contribution is 7.45. The van der Waals surface area contributed by atoms with Crippen LogP contribution in [-0.4, -0.2) is 68.5 Å². The number of rotatable bonds is 23. The predicted octanol–water partition coefficient (Wildman–Crippen LogP) is 4.54. The maximum atomic E-state index is 12.0. The lowest BCUT2D eigenvalue weighted by Gasteiger charge is -2.29. The molecule has 0 aliphatic heterocycles. The highest BCUT2D eigenvalue weighted by Gasteiger charge is 2.23. The quantitative estimate of drug-likeness (QED) is 0.119. The minimum atomic E-state index is -4.50. The minimum Gasteiger partial charge on any atom is -0.756 e. The van der Waals surface area contributed by atoms with Crippen LogP contribution in [0.15, 0.2) is 0 Å². The molecule has 0 aliphatic rings. The number of unbranched alkanes of at least 4 members (excludes halogenated alkanes) is 12. The average molecular weight is 509 g/mol. The van der Waals surface area contributed by atoms with Gasteiger partial charge >= 0.3 is 0 Å². The van der Waals surface area contributed by atoms with Gasteiger partial charge in [0.1, 0.15) is 13.2 Å². The van der Waals surface area contributed by atoms with Crippen LogP contribution in [0.5, 0.6) is 0 Å². The molecule has 0 rings (SSSR count). The van der Waals surface area contributed by atoms with Crippen LogP contribution < -0.4 is 10.2 Å². The number of aliphatic hydroxyl groups excluding tert-OH is 1. The fraction of sp³-hybridized carbons (Fsp3) is 0.960. The molecule has 3 atom stereocenters. The molecule has 3 unspecified atom stereocenters. The molecule has 0 fully saturated rings. The number of carbonyl (C=O) groups excluding carboxylic acids is 1. The second-order valence-electron chi connectivity index (χ2n) is 10.5. The number of hydrogen-bond acceptors (Lipinski definition) is 6. The first-order valence-electron chi connectivity index (χ1n) is 13.3. The number of aliphatic hydroxyl groups is 1. The first-order valence-corrected chi connectivity index (χ1v) is 14.8. The van der Waals surface area contributed by atoms with Crippen LogP contribution in [0.3, 0.4) is 0 Å². The van der Waals surface area contributed by atoms with Crippen molar-refractivity contribution in [3.8, 4) is 0 Å². The molecule has 2 N–H and O–H groups in total. The number of amides is 1. The van der Waals surface area contributed by atoms with Crippen LogP contribution in [-0.2, 0) is 18.4 Å². The van der Waals surface area contributed by atoms with Gasteiger partial charge < -0.3 is 28.8 Å². The van der Waals surface area contributed by atoms with E-state index in [9.17, 15) is 19.4 Å². The Morgan fingerprint density at radius 1 is 0.912 bits per heavy atom. The smallest absolute Gasteiger partial charge is 0.268 e. The van der Waals surface area contributed by atoms with Crippen molar-refractivity contribution in [3.05, 3.63) is 0 Å². The van der Waals surface area contributed by atoms with E-state index in [4.69, 9.17) is 9.05 Å². The van der Waals surface area contributed by atoms with Gasteiger partial charge in [-0.1, -0.05) is 90.4 Å². The summed E-state index contributed by atoms with van der Waals surface area (Å²) in [6, 6.07) is -0.793. The molecule has 8 nitrogen and oxygen atoms in total. The highest BCUT2D eigenvalue weighted by Crippen LogP contribution is 2.38. The van der Waals surface area contributed by atoms with Crippen LogP contribution in [0.1, 0.15) is 104 Å². The van der Waals surface area contributed by atoms with Crippen molar-refractivity contribution in [1.82, 2.24) is 5.32 Å². The molecule has 0 spiro atoms. The number of phosphoric acid groups is 1. The van der Waals surface area contributed by atoms with E-state index in [1.807, 2.05) is 21.1 Å². The summed E-state index contributed by atoms with van der Waals surface area (Å²) in [5.41, 5.74) is 0. The van der Waals surface area contributed by atoms with Crippen LogP contribution in [0.4, 0.5) is 0 Å². The lowest BCUT2D eigenvalue weighted by atomic mass is 10.0. The van der Waals surface area contributed by atoms with E-state index in [1.165, 1.54) is 71.1 Å². The van der Waals surface area contributed by atoms with E-state index in [-0.39, 0.29) is 19.1 Å². The Morgan fingerprint density at radius 2 is 1.38 bits per heavy atom. The number of nitrogens with zero attached hydrogens (tertiary/aromatic N) is 1. The molecular formula is C25H53N2O6P.